The molecule has 1 atom stereocenters. The van der Waals surface area contributed by atoms with Crippen LogP contribution in [0.4, 0.5) is 0 Å². The standard InChI is InChI=1S/C33H33ClN6O2S/c1-21-22(2)43-33-30(21)31(24-12-14-25(34)15-13-24)37-28(32-39-38-23(3)40(32)33)20-29(41)36-19-9-11-27-17-16-26(42-27)10-7-5-4-6-8-18-35/h12-17,28H,4-6,8,18-20,35H2,1-3H3,(H,36,41)/t28-/m0/s1. The fourth-order valence-electron chi connectivity index (χ4n) is 4.81. The van der Waals surface area contributed by atoms with Crippen molar-refractivity contribution < 1.29 is 9.21 Å². The summed E-state index contributed by atoms with van der Waals surface area (Å²) in [6.45, 7) is 6.99. The summed E-state index contributed by atoms with van der Waals surface area (Å²) in [7, 11) is 0. The van der Waals surface area contributed by atoms with Crippen molar-refractivity contribution >= 4 is 34.6 Å². The van der Waals surface area contributed by atoms with Crippen molar-refractivity contribution in [2.75, 3.05) is 13.1 Å². The van der Waals surface area contributed by atoms with Crippen LogP contribution in [0.2, 0.25) is 5.02 Å². The fraction of sp³-hybridized carbons (Fsp3) is 0.333. The van der Waals surface area contributed by atoms with Crippen LogP contribution >= 0.6 is 22.9 Å². The lowest BCUT2D eigenvalue weighted by atomic mass is 9.99. The maximum absolute atomic E-state index is 13.1. The highest BCUT2D eigenvalue weighted by Crippen LogP contribution is 2.39. The number of unbranched alkanes of at least 4 members (excludes halogenated alkanes) is 3. The van der Waals surface area contributed by atoms with Gasteiger partial charge in [0, 0.05) is 27.4 Å². The molecule has 1 aromatic carbocycles. The lowest BCUT2D eigenvalue weighted by Gasteiger charge is -2.12. The number of benzene rings is 1. The average Bonchev–Trinajstić information content (AvgIpc) is 3.66. The van der Waals surface area contributed by atoms with Gasteiger partial charge in [0.2, 0.25) is 5.91 Å². The number of aromatic nitrogens is 3. The van der Waals surface area contributed by atoms with Gasteiger partial charge in [-0.15, -0.1) is 21.5 Å². The number of hydrogen-bond acceptors (Lipinski definition) is 7. The van der Waals surface area contributed by atoms with Gasteiger partial charge >= 0.3 is 0 Å². The molecule has 3 aromatic heterocycles. The molecule has 220 valence electrons. The summed E-state index contributed by atoms with van der Waals surface area (Å²) in [6, 6.07) is 10.7. The molecule has 1 amide bonds. The summed E-state index contributed by atoms with van der Waals surface area (Å²) < 4.78 is 7.70. The third-order valence-electron chi connectivity index (χ3n) is 7.14. The maximum Gasteiger partial charge on any atom is 0.223 e. The molecule has 0 unspecified atom stereocenters. The minimum absolute atomic E-state index is 0.0929. The van der Waals surface area contributed by atoms with Gasteiger partial charge in [-0.3, -0.25) is 14.4 Å². The van der Waals surface area contributed by atoms with Crippen LogP contribution in [0.1, 0.15) is 82.9 Å². The van der Waals surface area contributed by atoms with Gasteiger partial charge in [-0.25, -0.2) is 0 Å². The van der Waals surface area contributed by atoms with E-state index in [9.17, 15) is 4.79 Å². The Kier molecular flexibility index (Phi) is 9.79. The van der Waals surface area contributed by atoms with Crippen molar-refractivity contribution in [2.45, 2.75) is 58.9 Å². The Morgan fingerprint density at radius 3 is 2.53 bits per heavy atom. The SMILES string of the molecule is Cc1sc2c(c1C)C(c1ccc(Cl)cc1)=N[C@@H](CC(=O)NCC#Cc1ccc(C#CCCCCCN)o1)c1nnc(C)n1-2. The van der Waals surface area contributed by atoms with Crippen molar-refractivity contribution in [3.8, 4) is 28.7 Å². The second kappa shape index (κ2) is 13.9. The van der Waals surface area contributed by atoms with Crippen molar-refractivity contribution in [3.05, 3.63) is 86.2 Å². The lowest BCUT2D eigenvalue weighted by Crippen LogP contribution is -2.25. The molecule has 0 fully saturated rings. The number of carbonyl (C=O) groups is 1. The number of nitrogens with two attached hydrogens (primary N) is 1. The zero-order chi connectivity index (χ0) is 30.3. The molecule has 4 heterocycles. The molecular weight excluding hydrogens is 580 g/mol. The largest absolute Gasteiger partial charge is 0.439 e. The summed E-state index contributed by atoms with van der Waals surface area (Å²) in [5, 5.41) is 13.3. The molecule has 0 bridgehead atoms. The van der Waals surface area contributed by atoms with Crippen LogP contribution < -0.4 is 11.1 Å². The lowest BCUT2D eigenvalue weighted by molar-refractivity contribution is -0.121. The highest BCUT2D eigenvalue weighted by molar-refractivity contribution is 7.15. The first kappa shape index (κ1) is 30.3. The van der Waals surface area contributed by atoms with E-state index in [1.807, 2.05) is 35.8 Å². The van der Waals surface area contributed by atoms with E-state index in [0.717, 1.165) is 58.9 Å². The van der Waals surface area contributed by atoms with Crippen LogP contribution in [-0.2, 0) is 4.79 Å². The number of aryl methyl sites for hydroxylation is 2. The summed E-state index contributed by atoms with van der Waals surface area (Å²) >= 11 is 7.87. The topological polar surface area (TPSA) is 111 Å². The number of nitrogens with zero attached hydrogens (tertiary/aromatic N) is 4. The normalized spacial score (nSPS) is 13.5. The van der Waals surface area contributed by atoms with E-state index in [1.165, 1.54) is 4.88 Å². The first-order valence-electron chi connectivity index (χ1n) is 14.3. The molecule has 43 heavy (non-hydrogen) atoms. The first-order valence-corrected chi connectivity index (χ1v) is 15.5. The predicted octanol–water partition coefficient (Wildman–Crippen LogP) is 5.82. The minimum Gasteiger partial charge on any atom is -0.439 e. The number of fused-ring (bicyclic) bond motifs is 3. The van der Waals surface area contributed by atoms with Gasteiger partial charge in [0.25, 0.3) is 0 Å². The van der Waals surface area contributed by atoms with E-state index in [4.69, 9.17) is 26.7 Å². The summed E-state index contributed by atoms with van der Waals surface area (Å²) in [5.74, 6) is 14.3. The number of nitrogens with one attached hydrogen (secondary N) is 1. The number of amides is 1. The molecule has 0 radical (unpaired) electrons. The monoisotopic (exact) mass is 612 g/mol. The Balaban J connectivity index is 1.30. The second-order valence-corrected chi connectivity index (χ2v) is 11.9. The Hall–Kier alpha value is -4.15. The molecule has 3 N–H and O–H groups in total. The first-order chi connectivity index (χ1) is 20.9. The molecule has 8 nitrogen and oxygen atoms in total. The van der Waals surface area contributed by atoms with Crippen LogP contribution in [0.25, 0.3) is 5.00 Å². The molecule has 1 aliphatic rings. The Morgan fingerprint density at radius 2 is 1.79 bits per heavy atom. The molecular formula is C33H33ClN6O2S. The molecule has 1 aliphatic heterocycles. The van der Waals surface area contributed by atoms with Crippen LogP contribution in [0.3, 0.4) is 0 Å². The zero-order valence-corrected chi connectivity index (χ0v) is 26.0. The number of thiophene rings is 1. The number of rotatable bonds is 8. The molecule has 0 aliphatic carbocycles. The van der Waals surface area contributed by atoms with Crippen molar-refractivity contribution in [1.82, 2.24) is 20.1 Å². The van der Waals surface area contributed by atoms with Gasteiger partial charge < -0.3 is 15.5 Å². The Morgan fingerprint density at radius 1 is 1.05 bits per heavy atom. The smallest absolute Gasteiger partial charge is 0.223 e. The van der Waals surface area contributed by atoms with Crippen LogP contribution in [-0.4, -0.2) is 39.5 Å². The summed E-state index contributed by atoms with van der Waals surface area (Å²) in [4.78, 5) is 19.4. The number of furan rings is 1. The van der Waals surface area contributed by atoms with E-state index in [0.29, 0.717) is 28.9 Å². The third kappa shape index (κ3) is 7.09. The number of carbonyl (C=O) groups excluding carboxylic acids is 1. The van der Waals surface area contributed by atoms with Crippen molar-refractivity contribution in [2.24, 2.45) is 10.7 Å². The van der Waals surface area contributed by atoms with E-state index in [1.54, 1.807) is 23.5 Å². The predicted molar refractivity (Wildman–Crippen MR) is 171 cm³/mol. The van der Waals surface area contributed by atoms with E-state index >= 15 is 0 Å². The van der Waals surface area contributed by atoms with Crippen molar-refractivity contribution in [1.29, 1.82) is 0 Å². The molecule has 10 heteroatoms. The van der Waals surface area contributed by atoms with Gasteiger partial charge in [-0.2, -0.15) is 0 Å². The summed E-state index contributed by atoms with van der Waals surface area (Å²) in [6.07, 6.45) is 4.03. The quantitative estimate of drug-likeness (QED) is 0.192. The van der Waals surface area contributed by atoms with Gasteiger partial charge in [0.15, 0.2) is 17.3 Å². The molecule has 0 saturated carbocycles. The highest BCUT2D eigenvalue weighted by Gasteiger charge is 2.32. The van der Waals surface area contributed by atoms with Gasteiger partial charge in [0.05, 0.1) is 18.7 Å². The second-order valence-electron chi connectivity index (χ2n) is 10.3. The molecule has 0 spiro atoms. The zero-order valence-electron chi connectivity index (χ0n) is 24.5. The number of halogens is 1. The average molecular weight is 613 g/mol. The van der Waals surface area contributed by atoms with Crippen LogP contribution in [0.5, 0.6) is 0 Å². The molecule has 5 rings (SSSR count). The molecule has 0 saturated heterocycles. The number of hydrogen-bond donors (Lipinski definition) is 2. The third-order valence-corrected chi connectivity index (χ3v) is 8.59. The van der Waals surface area contributed by atoms with Crippen LogP contribution in [0, 0.1) is 44.5 Å². The minimum atomic E-state index is -0.541. The Labute approximate surface area is 260 Å². The Bertz CT molecular complexity index is 1780. The van der Waals surface area contributed by atoms with Gasteiger partial charge in [0.1, 0.15) is 16.9 Å². The van der Waals surface area contributed by atoms with E-state index < -0.39 is 6.04 Å². The van der Waals surface area contributed by atoms with Gasteiger partial charge in [-0.05, 0) is 81.8 Å². The summed E-state index contributed by atoms with van der Waals surface area (Å²) in [5.41, 5.74) is 9.42. The van der Waals surface area contributed by atoms with Crippen LogP contribution in [0.15, 0.2) is 45.8 Å². The fourth-order valence-corrected chi connectivity index (χ4v) is 6.15. The van der Waals surface area contributed by atoms with E-state index in [-0.39, 0.29) is 18.9 Å². The molecule has 4 aromatic rings. The van der Waals surface area contributed by atoms with Crippen molar-refractivity contribution in [3.63, 3.8) is 0 Å². The number of aliphatic imine (C=N–C) groups is 1. The highest BCUT2D eigenvalue weighted by atomic mass is 35.5. The van der Waals surface area contributed by atoms with E-state index in [2.05, 4.69) is 53.0 Å². The maximum atomic E-state index is 13.1. The van der Waals surface area contributed by atoms with Gasteiger partial charge in [-0.1, -0.05) is 42.0 Å².